The largest absolute Gasteiger partial charge is 0.390 e. The first kappa shape index (κ1) is 27.0. The lowest BCUT2D eigenvalue weighted by molar-refractivity contribution is -0.120. The number of rotatable bonds is 8. The van der Waals surface area contributed by atoms with Crippen LogP contribution in [0.1, 0.15) is 70.1 Å². The maximum atomic E-state index is 13.7. The summed E-state index contributed by atoms with van der Waals surface area (Å²) in [5, 5.41) is 17.5. The highest BCUT2D eigenvalue weighted by molar-refractivity contribution is 5.73. The molecule has 0 bridgehead atoms. The van der Waals surface area contributed by atoms with Crippen LogP contribution in [0.2, 0.25) is 0 Å². The highest BCUT2D eigenvalue weighted by atomic mass is 19.1. The van der Waals surface area contributed by atoms with Crippen molar-refractivity contribution in [3.05, 3.63) is 82.9 Å². The Bertz CT molecular complexity index is 1040. The molecule has 0 heterocycles. The van der Waals surface area contributed by atoms with Gasteiger partial charge in [-0.2, -0.15) is 0 Å². The first-order valence-electron chi connectivity index (χ1n) is 12.3. The molecular weight excluding hydrogens is 446 g/mol. The van der Waals surface area contributed by atoms with Crippen molar-refractivity contribution in [3.63, 3.8) is 0 Å². The van der Waals surface area contributed by atoms with Gasteiger partial charge in [0.1, 0.15) is 11.6 Å². The number of nitrogens with one attached hydrogen (secondary N) is 2. The molecule has 3 N–H and O–H groups in total. The third-order valence-corrected chi connectivity index (χ3v) is 6.85. The monoisotopic (exact) mass is 484 g/mol. The summed E-state index contributed by atoms with van der Waals surface area (Å²) in [5.74, 6) is -1.69. The van der Waals surface area contributed by atoms with Crippen LogP contribution in [0, 0.1) is 11.6 Å². The molecule has 1 fully saturated rings. The van der Waals surface area contributed by atoms with Gasteiger partial charge in [0.15, 0.2) is 0 Å². The predicted molar refractivity (Wildman–Crippen MR) is 136 cm³/mol. The quantitative estimate of drug-likeness (QED) is 0.447. The van der Waals surface area contributed by atoms with Crippen LogP contribution in [0.3, 0.4) is 0 Å². The van der Waals surface area contributed by atoms with Gasteiger partial charge in [0.2, 0.25) is 5.91 Å². The van der Waals surface area contributed by atoms with Crippen LogP contribution in [0.4, 0.5) is 8.78 Å². The third-order valence-electron chi connectivity index (χ3n) is 6.85. The maximum absolute atomic E-state index is 13.7. The fraction of sp³-hybridized carbons (Fsp3) is 0.483. The van der Waals surface area contributed by atoms with Crippen LogP contribution in [-0.2, 0) is 22.2 Å². The molecule has 1 amide bonds. The zero-order chi connectivity index (χ0) is 25.8. The Balaban J connectivity index is 1.84. The summed E-state index contributed by atoms with van der Waals surface area (Å²) >= 11 is 0. The highest BCUT2D eigenvalue weighted by Crippen LogP contribution is 2.40. The topological polar surface area (TPSA) is 61.4 Å². The molecule has 35 heavy (non-hydrogen) atoms. The van der Waals surface area contributed by atoms with E-state index in [1.165, 1.54) is 24.6 Å². The second-order valence-corrected chi connectivity index (χ2v) is 10.9. The van der Waals surface area contributed by atoms with Gasteiger partial charge in [-0.3, -0.25) is 4.79 Å². The van der Waals surface area contributed by atoms with Crippen molar-refractivity contribution in [1.82, 2.24) is 10.6 Å². The lowest BCUT2D eigenvalue weighted by atomic mass is 9.73. The second-order valence-electron chi connectivity index (χ2n) is 10.9. The molecule has 0 spiro atoms. The van der Waals surface area contributed by atoms with Crippen molar-refractivity contribution in [2.45, 2.75) is 82.9 Å². The van der Waals surface area contributed by atoms with Gasteiger partial charge in [-0.15, -0.1) is 0 Å². The van der Waals surface area contributed by atoms with E-state index >= 15 is 0 Å². The van der Waals surface area contributed by atoms with E-state index in [-0.39, 0.29) is 29.8 Å². The summed E-state index contributed by atoms with van der Waals surface area (Å²) in [4.78, 5) is 11.8. The molecule has 1 aliphatic rings. The molecule has 2 unspecified atom stereocenters. The van der Waals surface area contributed by atoms with E-state index in [0.29, 0.717) is 5.56 Å². The minimum absolute atomic E-state index is 0.000869. The molecule has 0 aromatic heterocycles. The number of halogens is 2. The number of carbonyl (C=O) groups excluding carboxylic acids is 1. The van der Waals surface area contributed by atoms with E-state index in [4.69, 9.17) is 0 Å². The van der Waals surface area contributed by atoms with Gasteiger partial charge < -0.3 is 15.7 Å². The van der Waals surface area contributed by atoms with Crippen molar-refractivity contribution < 1.29 is 18.7 Å². The average Bonchev–Trinajstić information content (AvgIpc) is 2.75. The van der Waals surface area contributed by atoms with Gasteiger partial charge >= 0.3 is 0 Å². The zero-order valence-corrected chi connectivity index (χ0v) is 21.3. The number of carbonyl (C=O) groups is 1. The van der Waals surface area contributed by atoms with Crippen LogP contribution in [0.5, 0.6) is 0 Å². The molecule has 2 aromatic carbocycles. The Kier molecular flexibility index (Phi) is 8.50. The summed E-state index contributed by atoms with van der Waals surface area (Å²) < 4.78 is 27.4. The van der Waals surface area contributed by atoms with Gasteiger partial charge in [0, 0.05) is 25.1 Å². The van der Waals surface area contributed by atoms with Gasteiger partial charge in [-0.05, 0) is 66.3 Å². The summed E-state index contributed by atoms with van der Waals surface area (Å²) in [6.07, 6.45) is 2.75. The Labute approximate surface area is 207 Å². The van der Waals surface area contributed by atoms with E-state index in [9.17, 15) is 18.7 Å². The number of aliphatic hydroxyl groups excluding tert-OH is 1. The van der Waals surface area contributed by atoms with Gasteiger partial charge in [-0.25, -0.2) is 8.78 Å². The molecule has 3 atom stereocenters. The Hall–Kier alpha value is -2.57. The lowest BCUT2D eigenvalue weighted by Gasteiger charge is -2.41. The van der Waals surface area contributed by atoms with Crippen molar-refractivity contribution in [1.29, 1.82) is 0 Å². The molecule has 6 heteroatoms. The molecule has 2 aromatic rings. The molecule has 190 valence electrons. The van der Waals surface area contributed by atoms with E-state index in [1.54, 1.807) is 0 Å². The van der Waals surface area contributed by atoms with Crippen LogP contribution in [-0.4, -0.2) is 29.7 Å². The van der Waals surface area contributed by atoms with Crippen molar-refractivity contribution in [2.24, 2.45) is 0 Å². The van der Waals surface area contributed by atoms with E-state index < -0.39 is 23.8 Å². The van der Waals surface area contributed by atoms with Crippen molar-refractivity contribution in [2.75, 3.05) is 6.54 Å². The van der Waals surface area contributed by atoms with Gasteiger partial charge in [0.05, 0.1) is 12.1 Å². The SMILES string of the molecule is C=C1CCCC(NC[C@@H](O)C(Cc2cc(F)cc(F)c2)NC(C)=O)(c2cccc(C(C)(C)C)c2)C1. The van der Waals surface area contributed by atoms with E-state index in [0.717, 1.165) is 42.9 Å². The van der Waals surface area contributed by atoms with E-state index in [1.807, 2.05) is 0 Å². The Morgan fingerprint density at radius 3 is 2.46 bits per heavy atom. The number of hydrogen-bond acceptors (Lipinski definition) is 3. The maximum Gasteiger partial charge on any atom is 0.217 e. The fourth-order valence-corrected chi connectivity index (χ4v) is 5.00. The number of amides is 1. The molecule has 0 aliphatic heterocycles. The number of aliphatic hydroxyl groups is 1. The first-order valence-corrected chi connectivity index (χ1v) is 12.3. The summed E-state index contributed by atoms with van der Waals surface area (Å²) in [5.41, 5.74) is 3.54. The van der Waals surface area contributed by atoms with Crippen LogP contribution < -0.4 is 10.6 Å². The first-order chi connectivity index (χ1) is 16.4. The minimum Gasteiger partial charge on any atom is -0.390 e. The fourth-order valence-electron chi connectivity index (χ4n) is 5.00. The van der Waals surface area contributed by atoms with Crippen molar-refractivity contribution >= 4 is 5.91 Å². The molecule has 1 aliphatic carbocycles. The standard InChI is InChI=1S/C29H38F2N2O2/c1-19-8-7-11-29(17-19,23-10-6-9-22(15-23)28(3,4)5)32-18-27(35)26(33-20(2)34)14-21-12-24(30)16-25(31)13-21/h6,9-10,12-13,15-16,26-27,32,35H,1,7-8,11,14,17-18H2,2-5H3,(H,33,34)/t26?,27-,29?/m1/s1. The second kappa shape index (κ2) is 11.0. The normalized spacial score (nSPS) is 20.4. The summed E-state index contributed by atoms with van der Waals surface area (Å²) in [7, 11) is 0. The molecule has 0 saturated heterocycles. The third kappa shape index (κ3) is 7.21. The van der Waals surface area contributed by atoms with Crippen LogP contribution in [0.15, 0.2) is 54.6 Å². The lowest BCUT2D eigenvalue weighted by Crippen LogP contribution is -2.53. The predicted octanol–water partition coefficient (Wildman–Crippen LogP) is 5.29. The van der Waals surface area contributed by atoms with Gasteiger partial charge in [0.25, 0.3) is 0 Å². The molecule has 4 nitrogen and oxygen atoms in total. The highest BCUT2D eigenvalue weighted by Gasteiger charge is 2.36. The molecule has 1 saturated carbocycles. The smallest absolute Gasteiger partial charge is 0.217 e. The summed E-state index contributed by atoms with van der Waals surface area (Å²) in [6.45, 7) is 12.4. The summed E-state index contributed by atoms with van der Waals surface area (Å²) in [6, 6.07) is 11.1. The van der Waals surface area contributed by atoms with Crippen molar-refractivity contribution in [3.8, 4) is 0 Å². The van der Waals surface area contributed by atoms with Gasteiger partial charge in [-0.1, -0.05) is 57.2 Å². The Morgan fingerprint density at radius 1 is 1.17 bits per heavy atom. The molecule has 0 radical (unpaired) electrons. The Morgan fingerprint density at radius 2 is 1.86 bits per heavy atom. The van der Waals surface area contributed by atoms with Crippen LogP contribution in [0.25, 0.3) is 0 Å². The number of hydrogen-bond donors (Lipinski definition) is 3. The minimum atomic E-state index is -0.969. The molecule has 3 rings (SSSR count). The average molecular weight is 485 g/mol. The number of benzene rings is 2. The van der Waals surface area contributed by atoms with E-state index in [2.05, 4.69) is 62.2 Å². The zero-order valence-electron chi connectivity index (χ0n) is 21.3. The molecular formula is C29H38F2N2O2. The van der Waals surface area contributed by atoms with Crippen LogP contribution >= 0.6 is 0 Å².